The maximum absolute atomic E-state index is 11.9. The van der Waals surface area contributed by atoms with E-state index in [1.807, 2.05) is 6.07 Å². The molecule has 0 atom stereocenters. The van der Waals surface area contributed by atoms with Gasteiger partial charge in [-0.05, 0) is 44.7 Å². The molecule has 1 fully saturated rings. The molecule has 2 rings (SSSR count). The summed E-state index contributed by atoms with van der Waals surface area (Å²) in [5.41, 5.74) is -0.368. The van der Waals surface area contributed by atoms with Crippen LogP contribution in [0.2, 0.25) is 0 Å². The van der Waals surface area contributed by atoms with E-state index in [9.17, 15) is 9.59 Å². The summed E-state index contributed by atoms with van der Waals surface area (Å²) in [6.07, 6.45) is 3.20. The van der Waals surface area contributed by atoms with E-state index in [0.717, 1.165) is 12.8 Å². The Labute approximate surface area is 101 Å². The van der Waals surface area contributed by atoms with Gasteiger partial charge in [-0.1, -0.05) is 18.2 Å². The number of esters is 1. The Morgan fingerprint density at radius 2 is 1.71 bits per heavy atom. The Kier molecular flexibility index (Phi) is 3.27. The van der Waals surface area contributed by atoms with Gasteiger partial charge in [0.15, 0.2) is 11.4 Å². The minimum Gasteiger partial charge on any atom is -0.447 e. The zero-order valence-corrected chi connectivity index (χ0v) is 9.94. The molecule has 0 N–H and O–H groups in total. The topological polar surface area (TPSA) is 43.4 Å². The van der Waals surface area contributed by atoms with E-state index in [1.165, 1.54) is 6.92 Å². The molecule has 17 heavy (non-hydrogen) atoms. The van der Waals surface area contributed by atoms with Crippen molar-refractivity contribution in [2.75, 3.05) is 0 Å². The molecular formula is C14H16O3. The number of carbonyl (C=O) groups is 2. The average molecular weight is 232 g/mol. The minimum absolute atomic E-state index is 0.0423. The second-order valence-corrected chi connectivity index (χ2v) is 4.51. The van der Waals surface area contributed by atoms with Crippen molar-refractivity contribution in [3.63, 3.8) is 0 Å². The molecule has 0 aromatic heterocycles. The van der Waals surface area contributed by atoms with Crippen LogP contribution in [0, 0.1) is 0 Å². The number of hydrogen-bond acceptors (Lipinski definition) is 3. The molecule has 0 bridgehead atoms. The van der Waals surface area contributed by atoms with Crippen LogP contribution in [0.1, 0.15) is 43.0 Å². The third-order valence-electron chi connectivity index (χ3n) is 3.35. The summed E-state index contributed by atoms with van der Waals surface area (Å²) < 4.78 is 5.46. The van der Waals surface area contributed by atoms with Crippen molar-refractivity contribution in [1.82, 2.24) is 0 Å². The number of ether oxygens (including phenoxy) is 1. The Morgan fingerprint density at radius 3 is 2.24 bits per heavy atom. The molecule has 0 spiro atoms. The lowest BCUT2D eigenvalue weighted by Crippen LogP contribution is -2.39. The normalized spacial score (nSPS) is 17.7. The summed E-state index contributed by atoms with van der Waals surface area (Å²) >= 11 is 0. The van der Waals surface area contributed by atoms with Gasteiger partial charge >= 0.3 is 5.97 Å². The second-order valence-electron chi connectivity index (χ2n) is 4.51. The van der Waals surface area contributed by atoms with Crippen molar-refractivity contribution in [2.45, 2.75) is 38.2 Å². The first-order valence-corrected chi connectivity index (χ1v) is 5.93. The molecule has 1 aliphatic carbocycles. The summed E-state index contributed by atoms with van der Waals surface area (Å²) in [7, 11) is 0. The summed E-state index contributed by atoms with van der Waals surface area (Å²) in [5.74, 6) is -0.443. The first-order valence-electron chi connectivity index (χ1n) is 5.93. The van der Waals surface area contributed by atoms with Gasteiger partial charge in [0.2, 0.25) is 0 Å². The van der Waals surface area contributed by atoms with E-state index in [1.54, 1.807) is 24.3 Å². The van der Waals surface area contributed by atoms with Crippen molar-refractivity contribution in [2.24, 2.45) is 0 Å². The minimum atomic E-state index is -0.868. The number of Topliss-reactive ketones (excluding diaryl/α,β-unsaturated/α-hetero) is 1. The molecule has 0 heterocycles. The molecule has 0 saturated heterocycles. The molecule has 0 aliphatic heterocycles. The van der Waals surface area contributed by atoms with Gasteiger partial charge in [-0.2, -0.15) is 0 Å². The van der Waals surface area contributed by atoms with Crippen LogP contribution < -0.4 is 0 Å². The summed E-state index contributed by atoms with van der Waals surface area (Å²) in [6, 6.07) is 8.81. The Bertz CT molecular complexity index is 416. The SMILES string of the molecule is CC(=O)C1(OC(=O)c2ccccc2)CCCC1. The fourth-order valence-corrected chi connectivity index (χ4v) is 2.28. The zero-order chi connectivity index (χ0) is 12.3. The first kappa shape index (κ1) is 11.8. The zero-order valence-electron chi connectivity index (χ0n) is 9.94. The molecule has 0 amide bonds. The third-order valence-corrected chi connectivity index (χ3v) is 3.35. The van der Waals surface area contributed by atoms with Gasteiger partial charge in [0, 0.05) is 0 Å². The fourth-order valence-electron chi connectivity index (χ4n) is 2.28. The van der Waals surface area contributed by atoms with Gasteiger partial charge in [0.25, 0.3) is 0 Å². The first-order chi connectivity index (χ1) is 8.14. The Hall–Kier alpha value is -1.64. The number of ketones is 1. The Balaban J connectivity index is 2.15. The summed E-state index contributed by atoms with van der Waals surface area (Å²) in [4.78, 5) is 23.6. The quantitative estimate of drug-likeness (QED) is 0.752. The lowest BCUT2D eigenvalue weighted by Gasteiger charge is -2.26. The molecule has 3 heteroatoms. The molecule has 0 radical (unpaired) electrons. The molecule has 0 unspecified atom stereocenters. The maximum Gasteiger partial charge on any atom is 0.339 e. The van der Waals surface area contributed by atoms with Crippen LogP contribution in [0.3, 0.4) is 0 Å². The van der Waals surface area contributed by atoms with Crippen molar-refractivity contribution >= 4 is 11.8 Å². The van der Waals surface area contributed by atoms with Crippen molar-refractivity contribution < 1.29 is 14.3 Å². The Morgan fingerprint density at radius 1 is 1.12 bits per heavy atom. The van der Waals surface area contributed by atoms with Gasteiger partial charge in [-0.3, -0.25) is 4.79 Å². The second kappa shape index (κ2) is 4.70. The highest BCUT2D eigenvalue weighted by atomic mass is 16.6. The number of hydrogen-bond donors (Lipinski definition) is 0. The van der Waals surface area contributed by atoms with Crippen LogP contribution in [0.15, 0.2) is 30.3 Å². The van der Waals surface area contributed by atoms with E-state index < -0.39 is 11.6 Å². The lowest BCUT2D eigenvalue weighted by molar-refractivity contribution is -0.135. The monoisotopic (exact) mass is 232 g/mol. The molecular weight excluding hydrogens is 216 g/mol. The van der Waals surface area contributed by atoms with Crippen LogP contribution in [-0.2, 0) is 9.53 Å². The molecule has 1 aromatic carbocycles. The fraction of sp³-hybridized carbons (Fsp3) is 0.429. The highest BCUT2D eigenvalue weighted by Gasteiger charge is 2.42. The van der Waals surface area contributed by atoms with E-state index in [4.69, 9.17) is 4.74 Å². The van der Waals surface area contributed by atoms with E-state index in [0.29, 0.717) is 18.4 Å². The number of benzene rings is 1. The van der Waals surface area contributed by atoms with Crippen LogP contribution in [-0.4, -0.2) is 17.4 Å². The van der Waals surface area contributed by atoms with Crippen LogP contribution in [0.25, 0.3) is 0 Å². The van der Waals surface area contributed by atoms with Crippen molar-refractivity contribution in [3.05, 3.63) is 35.9 Å². The summed E-state index contributed by atoms with van der Waals surface area (Å²) in [6.45, 7) is 1.50. The van der Waals surface area contributed by atoms with Crippen molar-refractivity contribution in [1.29, 1.82) is 0 Å². The highest BCUT2D eigenvalue weighted by Crippen LogP contribution is 2.34. The molecule has 90 valence electrons. The number of carbonyl (C=O) groups excluding carboxylic acids is 2. The van der Waals surface area contributed by atoms with E-state index >= 15 is 0 Å². The largest absolute Gasteiger partial charge is 0.447 e. The number of rotatable bonds is 3. The standard InChI is InChI=1S/C14H16O3/c1-11(15)14(9-5-6-10-14)17-13(16)12-7-3-2-4-8-12/h2-4,7-8H,5-6,9-10H2,1H3. The van der Waals surface area contributed by atoms with Crippen LogP contribution in [0.5, 0.6) is 0 Å². The average Bonchev–Trinajstić information content (AvgIpc) is 2.80. The van der Waals surface area contributed by atoms with Crippen molar-refractivity contribution in [3.8, 4) is 0 Å². The molecule has 3 nitrogen and oxygen atoms in total. The van der Waals surface area contributed by atoms with E-state index in [2.05, 4.69) is 0 Å². The third kappa shape index (κ3) is 2.38. The van der Waals surface area contributed by atoms with Gasteiger partial charge < -0.3 is 4.74 Å². The van der Waals surface area contributed by atoms with Gasteiger partial charge in [-0.15, -0.1) is 0 Å². The predicted molar refractivity (Wildman–Crippen MR) is 63.7 cm³/mol. The van der Waals surface area contributed by atoms with Gasteiger partial charge in [0.05, 0.1) is 5.56 Å². The molecule has 1 saturated carbocycles. The summed E-state index contributed by atoms with van der Waals surface area (Å²) in [5, 5.41) is 0. The van der Waals surface area contributed by atoms with E-state index in [-0.39, 0.29) is 5.78 Å². The predicted octanol–water partition coefficient (Wildman–Crippen LogP) is 2.75. The van der Waals surface area contributed by atoms with Gasteiger partial charge in [0.1, 0.15) is 0 Å². The smallest absolute Gasteiger partial charge is 0.339 e. The molecule has 1 aromatic rings. The lowest BCUT2D eigenvalue weighted by atomic mass is 9.97. The highest BCUT2D eigenvalue weighted by molar-refractivity contribution is 5.94. The maximum atomic E-state index is 11.9. The van der Waals surface area contributed by atoms with Gasteiger partial charge in [-0.25, -0.2) is 4.79 Å². The van der Waals surface area contributed by atoms with Crippen LogP contribution in [0.4, 0.5) is 0 Å². The van der Waals surface area contributed by atoms with Crippen LogP contribution >= 0.6 is 0 Å². The molecule has 1 aliphatic rings.